The van der Waals surface area contributed by atoms with Gasteiger partial charge in [0.1, 0.15) is 0 Å². The molecule has 5 atom stereocenters. The van der Waals surface area contributed by atoms with Gasteiger partial charge in [0.05, 0.1) is 17.6 Å². The van der Waals surface area contributed by atoms with Crippen LogP contribution in [0.2, 0.25) is 0 Å². The van der Waals surface area contributed by atoms with E-state index in [0.29, 0.717) is 11.8 Å². The monoisotopic (exact) mass is 221 g/mol. The van der Waals surface area contributed by atoms with Crippen molar-refractivity contribution in [1.29, 1.82) is 5.26 Å². The Morgan fingerprint density at radius 2 is 2.25 bits per heavy atom. The average Bonchev–Trinajstić information content (AvgIpc) is 2.88. The van der Waals surface area contributed by atoms with Crippen molar-refractivity contribution in [2.45, 2.75) is 58.5 Å². The number of aliphatic hydroxyl groups is 1. The van der Waals surface area contributed by atoms with Crippen LogP contribution in [0.25, 0.3) is 0 Å². The average molecular weight is 221 g/mol. The van der Waals surface area contributed by atoms with E-state index in [-0.39, 0.29) is 5.92 Å². The number of rotatable bonds is 4. The van der Waals surface area contributed by atoms with Crippen LogP contribution in [0.4, 0.5) is 0 Å². The Balaban J connectivity index is 2.13. The zero-order chi connectivity index (χ0) is 11.8. The molecule has 16 heavy (non-hydrogen) atoms. The van der Waals surface area contributed by atoms with Gasteiger partial charge in [0.25, 0.3) is 0 Å². The van der Waals surface area contributed by atoms with Crippen molar-refractivity contribution in [2.24, 2.45) is 23.2 Å². The van der Waals surface area contributed by atoms with E-state index in [4.69, 9.17) is 0 Å². The van der Waals surface area contributed by atoms with Crippen LogP contribution in [0.1, 0.15) is 52.4 Å². The second-order valence-electron chi connectivity index (χ2n) is 5.94. The molecular weight excluding hydrogens is 198 g/mol. The molecule has 0 spiro atoms. The number of hydrogen-bond donors (Lipinski definition) is 1. The standard InChI is InChI=1S/C14H23NO/c1-3-4-10(2)13(16)14(9-15)8-11-5-6-12(14)7-11/h10-13,16H,3-8H2,1-2H3. The molecule has 0 radical (unpaired) electrons. The Labute approximate surface area is 98.7 Å². The minimum atomic E-state index is -0.409. The van der Waals surface area contributed by atoms with Crippen molar-refractivity contribution >= 4 is 0 Å². The minimum absolute atomic E-state index is 0.268. The topological polar surface area (TPSA) is 44.0 Å². The lowest BCUT2D eigenvalue weighted by Gasteiger charge is -2.38. The minimum Gasteiger partial charge on any atom is -0.391 e. The first-order valence-electron chi connectivity index (χ1n) is 6.73. The van der Waals surface area contributed by atoms with Crippen LogP contribution >= 0.6 is 0 Å². The lowest BCUT2D eigenvalue weighted by atomic mass is 9.67. The highest BCUT2D eigenvalue weighted by molar-refractivity contribution is 5.15. The molecule has 0 heterocycles. The van der Waals surface area contributed by atoms with Gasteiger partial charge in [-0.15, -0.1) is 0 Å². The molecule has 2 aliphatic rings. The number of fused-ring (bicyclic) bond motifs is 2. The summed E-state index contributed by atoms with van der Waals surface area (Å²) in [5.74, 6) is 1.45. The highest BCUT2D eigenvalue weighted by Gasteiger charge is 2.56. The van der Waals surface area contributed by atoms with E-state index in [1.165, 1.54) is 12.8 Å². The van der Waals surface area contributed by atoms with E-state index < -0.39 is 11.5 Å². The van der Waals surface area contributed by atoms with Crippen LogP contribution in [-0.2, 0) is 0 Å². The highest BCUT2D eigenvalue weighted by atomic mass is 16.3. The van der Waals surface area contributed by atoms with E-state index in [1.54, 1.807) is 0 Å². The van der Waals surface area contributed by atoms with Gasteiger partial charge < -0.3 is 5.11 Å². The SMILES string of the molecule is CCCC(C)C(O)C1(C#N)CC2CCC1C2. The lowest BCUT2D eigenvalue weighted by molar-refractivity contribution is -0.0151. The largest absolute Gasteiger partial charge is 0.391 e. The van der Waals surface area contributed by atoms with Gasteiger partial charge in [-0.3, -0.25) is 0 Å². The summed E-state index contributed by atoms with van der Waals surface area (Å²) in [6.07, 6.45) is 6.28. The Bertz CT molecular complexity index is 296. The fraction of sp³-hybridized carbons (Fsp3) is 0.929. The molecule has 2 heteroatoms. The third-order valence-electron chi connectivity index (χ3n) is 4.92. The molecule has 0 aromatic rings. The lowest BCUT2D eigenvalue weighted by Crippen LogP contribution is -2.42. The van der Waals surface area contributed by atoms with Crippen LogP contribution in [-0.4, -0.2) is 11.2 Å². The molecular formula is C14H23NO. The summed E-state index contributed by atoms with van der Waals surface area (Å²) in [5.41, 5.74) is -0.405. The summed E-state index contributed by atoms with van der Waals surface area (Å²) in [4.78, 5) is 0. The van der Waals surface area contributed by atoms with Gasteiger partial charge in [0, 0.05) is 0 Å². The fourth-order valence-corrected chi connectivity index (χ4v) is 4.06. The molecule has 2 rings (SSSR count). The van der Waals surface area contributed by atoms with E-state index in [0.717, 1.165) is 25.7 Å². The first-order valence-corrected chi connectivity index (χ1v) is 6.73. The first kappa shape index (κ1) is 11.9. The summed E-state index contributed by atoms with van der Waals surface area (Å²) < 4.78 is 0. The fourth-order valence-electron chi connectivity index (χ4n) is 4.06. The van der Waals surface area contributed by atoms with Gasteiger partial charge in [0.15, 0.2) is 0 Å². The Morgan fingerprint density at radius 1 is 1.50 bits per heavy atom. The van der Waals surface area contributed by atoms with Gasteiger partial charge in [-0.25, -0.2) is 0 Å². The summed E-state index contributed by atoms with van der Waals surface area (Å²) in [6, 6.07) is 2.50. The van der Waals surface area contributed by atoms with Crippen molar-refractivity contribution in [1.82, 2.24) is 0 Å². The molecule has 90 valence electrons. The van der Waals surface area contributed by atoms with Crippen LogP contribution < -0.4 is 0 Å². The van der Waals surface area contributed by atoms with E-state index in [2.05, 4.69) is 19.9 Å². The number of hydrogen-bond acceptors (Lipinski definition) is 2. The molecule has 0 aromatic carbocycles. The second-order valence-corrected chi connectivity index (χ2v) is 5.94. The second kappa shape index (κ2) is 4.37. The number of aliphatic hydroxyl groups excluding tert-OH is 1. The quantitative estimate of drug-likeness (QED) is 0.792. The molecule has 0 saturated heterocycles. The number of nitriles is 1. The van der Waals surface area contributed by atoms with Gasteiger partial charge >= 0.3 is 0 Å². The molecule has 0 aromatic heterocycles. The molecule has 2 aliphatic carbocycles. The summed E-state index contributed by atoms with van der Waals surface area (Å²) in [5, 5.41) is 20.0. The van der Waals surface area contributed by atoms with Crippen LogP contribution in [0.5, 0.6) is 0 Å². The molecule has 2 nitrogen and oxygen atoms in total. The Kier molecular flexibility index (Phi) is 3.26. The summed E-state index contributed by atoms with van der Waals surface area (Å²) in [6.45, 7) is 4.24. The predicted molar refractivity (Wildman–Crippen MR) is 63.6 cm³/mol. The molecule has 2 saturated carbocycles. The predicted octanol–water partition coefficient (Wildman–Crippen LogP) is 3.11. The van der Waals surface area contributed by atoms with Crippen molar-refractivity contribution < 1.29 is 5.11 Å². The Morgan fingerprint density at radius 3 is 2.69 bits per heavy atom. The summed E-state index contributed by atoms with van der Waals surface area (Å²) in [7, 11) is 0. The van der Waals surface area contributed by atoms with Gasteiger partial charge in [-0.2, -0.15) is 5.26 Å². The van der Waals surface area contributed by atoms with Gasteiger partial charge in [-0.1, -0.05) is 26.7 Å². The van der Waals surface area contributed by atoms with Crippen molar-refractivity contribution in [3.05, 3.63) is 0 Å². The smallest absolute Gasteiger partial charge is 0.0865 e. The molecule has 1 N–H and O–H groups in total. The summed E-state index contributed by atoms with van der Waals surface area (Å²) >= 11 is 0. The molecule has 0 aliphatic heterocycles. The maximum absolute atomic E-state index is 10.5. The van der Waals surface area contributed by atoms with Crippen molar-refractivity contribution in [3.8, 4) is 6.07 Å². The molecule has 5 unspecified atom stereocenters. The normalized spacial score (nSPS) is 40.6. The third-order valence-corrected chi connectivity index (χ3v) is 4.92. The third kappa shape index (κ3) is 1.66. The molecule has 2 fully saturated rings. The van der Waals surface area contributed by atoms with E-state index >= 15 is 0 Å². The van der Waals surface area contributed by atoms with E-state index in [9.17, 15) is 10.4 Å². The van der Waals surface area contributed by atoms with Crippen LogP contribution in [0.3, 0.4) is 0 Å². The maximum atomic E-state index is 10.5. The van der Waals surface area contributed by atoms with Gasteiger partial charge in [0.2, 0.25) is 0 Å². The number of nitrogens with zero attached hydrogens (tertiary/aromatic N) is 1. The Hall–Kier alpha value is -0.550. The van der Waals surface area contributed by atoms with Crippen LogP contribution in [0.15, 0.2) is 0 Å². The molecule has 2 bridgehead atoms. The first-order chi connectivity index (χ1) is 7.64. The van der Waals surface area contributed by atoms with E-state index in [1.807, 2.05) is 0 Å². The van der Waals surface area contributed by atoms with Crippen LogP contribution in [0, 0.1) is 34.5 Å². The zero-order valence-electron chi connectivity index (χ0n) is 10.4. The molecule has 0 amide bonds. The maximum Gasteiger partial charge on any atom is 0.0865 e. The zero-order valence-corrected chi connectivity index (χ0v) is 10.4. The van der Waals surface area contributed by atoms with Crippen molar-refractivity contribution in [3.63, 3.8) is 0 Å². The van der Waals surface area contributed by atoms with Crippen molar-refractivity contribution in [2.75, 3.05) is 0 Å². The van der Waals surface area contributed by atoms with Gasteiger partial charge in [-0.05, 0) is 43.4 Å². The highest BCUT2D eigenvalue weighted by Crippen LogP contribution is 2.58.